The number of carbonyl (C=O) groups is 1. The van der Waals surface area contributed by atoms with Crippen LogP contribution in [0.15, 0.2) is 12.4 Å². The SMILES string of the molecule is Cc1ncc(NC(=O)[C@H](N)C(C)C)cn1. The summed E-state index contributed by atoms with van der Waals surface area (Å²) in [7, 11) is 0. The molecule has 15 heavy (non-hydrogen) atoms. The van der Waals surface area contributed by atoms with Crippen molar-refractivity contribution in [1.29, 1.82) is 0 Å². The molecule has 0 saturated heterocycles. The van der Waals surface area contributed by atoms with Gasteiger partial charge in [0.25, 0.3) is 0 Å². The molecule has 3 N–H and O–H groups in total. The van der Waals surface area contributed by atoms with Crippen molar-refractivity contribution in [3.05, 3.63) is 18.2 Å². The summed E-state index contributed by atoms with van der Waals surface area (Å²) in [5, 5.41) is 2.66. The number of nitrogens with two attached hydrogens (primary N) is 1. The lowest BCUT2D eigenvalue weighted by atomic mass is 10.1. The molecule has 1 aromatic heterocycles. The minimum absolute atomic E-state index is 0.108. The number of aryl methyl sites for hydroxylation is 1. The molecule has 1 heterocycles. The predicted molar refractivity (Wildman–Crippen MR) is 58.2 cm³/mol. The van der Waals surface area contributed by atoms with Crippen LogP contribution in [0.3, 0.4) is 0 Å². The Balaban J connectivity index is 2.62. The molecule has 1 amide bonds. The summed E-state index contributed by atoms with van der Waals surface area (Å²) in [4.78, 5) is 19.5. The van der Waals surface area contributed by atoms with Gasteiger partial charge in [-0.25, -0.2) is 9.97 Å². The number of carbonyl (C=O) groups excluding carboxylic acids is 1. The summed E-state index contributed by atoms with van der Waals surface area (Å²) in [5.74, 6) is 0.565. The van der Waals surface area contributed by atoms with Gasteiger partial charge in [0.2, 0.25) is 5.91 Å². The second-order valence-electron chi connectivity index (χ2n) is 3.78. The highest BCUT2D eigenvalue weighted by Crippen LogP contribution is 2.05. The van der Waals surface area contributed by atoms with Gasteiger partial charge in [-0.3, -0.25) is 4.79 Å². The first-order chi connectivity index (χ1) is 7.00. The monoisotopic (exact) mass is 208 g/mol. The normalized spacial score (nSPS) is 12.6. The first-order valence-corrected chi connectivity index (χ1v) is 4.86. The van der Waals surface area contributed by atoms with Gasteiger partial charge in [-0.05, 0) is 12.8 Å². The van der Waals surface area contributed by atoms with Gasteiger partial charge in [-0.15, -0.1) is 0 Å². The van der Waals surface area contributed by atoms with E-state index in [1.165, 1.54) is 0 Å². The number of nitrogens with zero attached hydrogens (tertiary/aromatic N) is 2. The second kappa shape index (κ2) is 4.84. The van der Waals surface area contributed by atoms with Crippen LogP contribution >= 0.6 is 0 Å². The largest absolute Gasteiger partial charge is 0.322 e. The number of aromatic nitrogens is 2. The van der Waals surface area contributed by atoms with Crippen molar-refractivity contribution >= 4 is 11.6 Å². The molecule has 5 heteroatoms. The van der Waals surface area contributed by atoms with E-state index in [0.29, 0.717) is 11.5 Å². The smallest absolute Gasteiger partial charge is 0.241 e. The molecule has 1 atom stereocenters. The number of amides is 1. The van der Waals surface area contributed by atoms with Crippen LogP contribution in [0, 0.1) is 12.8 Å². The van der Waals surface area contributed by atoms with E-state index >= 15 is 0 Å². The molecule has 0 aliphatic carbocycles. The van der Waals surface area contributed by atoms with Crippen molar-refractivity contribution in [3.63, 3.8) is 0 Å². The van der Waals surface area contributed by atoms with E-state index in [9.17, 15) is 4.79 Å². The van der Waals surface area contributed by atoms with E-state index in [-0.39, 0.29) is 11.8 Å². The Morgan fingerprint density at radius 2 is 1.93 bits per heavy atom. The van der Waals surface area contributed by atoms with Crippen molar-refractivity contribution in [2.45, 2.75) is 26.8 Å². The quantitative estimate of drug-likeness (QED) is 0.766. The number of anilines is 1. The van der Waals surface area contributed by atoms with Gasteiger partial charge in [0.1, 0.15) is 5.82 Å². The summed E-state index contributed by atoms with van der Waals surface area (Å²) in [5.41, 5.74) is 6.26. The molecule has 0 aliphatic heterocycles. The molecule has 0 fully saturated rings. The Kier molecular flexibility index (Phi) is 3.74. The lowest BCUT2D eigenvalue weighted by Gasteiger charge is -2.14. The van der Waals surface area contributed by atoms with Gasteiger partial charge in [-0.1, -0.05) is 13.8 Å². The minimum Gasteiger partial charge on any atom is -0.322 e. The molecule has 1 aromatic rings. The zero-order valence-electron chi connectivity index (χ0n) is 9.19. The summed E-state index contributed by atoms with van der Waals surface area (Å²) in [6.45, 7) is 5.58. The molecule has 0 aliphatic rings. The predicted octanol–water partition coefficient (Wildman–Crippen LogP) is 0.707. The van der Waals surface area contributed by atoms with E-state index in [1.54, 1.807) is 19.3 Å². The molecular weight excluding hydrogens is 192 g/mol. The summed E-state index contributed by atoms with van der Waals surface area (Å²) in [6.07, 6.45) is 3.13. The fourth-order valence-corrected chi connectivity index (χ4v) is 0.985. The maximum absolute atomic E-state index is 11.5. The van der Waals surface area contributed by atoms with Gasteiger partial charge >= 0.3 is 0 Å². The van der Waals surface area contributed by atoms with E-state index in [2.05, 4.69) is 15.3 Å². The molecule has 0 bridgehead atoms. The highest BCUT2D eigenvalue weighted by molar-refractivity contribution is 5.94. The van der Waals surface area contributed by atoms with Crippen LogP contribution < -0.4 is 11.1 Å². The lowest BCUT2D eigenvalue weighted by Crippen LogP contribution is -2.39. The van der Waals surface area contributed by atoms with Gasteiger partial charge in [-0.2, -0.15) is 0 Å². The Bertz CT molecular complexity index is 334. The molecule has 5 nitrogen and oxygen atoms in total. The number of hydrogen-bond donors (Lipinski definition) is 2. The van der Waals surface area contributed by atoms with Crippen molar-refractivity contribution in [2.24, 2.45) is 11.7 Å². The third-order valence-corrected chi connectivity index (χ3v) is 2.07. The first-order valence-electron chi connectivity index (χ1n) is 4.86. The molecule has 82 valence electrons. The van der Waals surface area contributed by atoms with Crippen LogP contribution in [-0.4, -0.2) is 21.9 Å². The Labute approximate surface area is 89.1 Å². The average Bonchev–Trinajstić information content (AvgIpc) is 2.20. The molecule has 1 rings (SSSR count). The average molecular weight is 208 g/mol. The third kappa shape index (κ3) is 3.28. The maximum Gasteiger partial charge on any atom is 0.241 e. The van der Waals surface area contributed by atoms with E-state index < -0.39 is 6.04 Å². The number of hydrogen-bond acceptors (Lipinski definition) is 4. The van der Waals surface area contributed by atoms with Crippen molar-refractivity contribution in [3.8, 4) is 0 Å². The molecule has 0 saturated carbocycles. The van der Waals surface area contributed by atoms with Gasteiger partial charge < -0.3 is 11.1 Å². The van der Waals surface area contributed by atoms with Gasteiger partial charge in [0.05, 0.1) is 24.1 Å². The molecule has 0 aromatic carbocycles. The fraction of sp³-hybridized carbons (Fsp3) is 0.500. The molecule has 0 radical (unpaired) electrons. The Hall–Kier alpha value is -1.49. The van der Waals surface area contributed by atoms with Crippen molar-refractivity contribution in [1.82, 2.24) is 9.97 Å². The van der Waals surface area contributed by atoms with Crippen LogP contribution in [0.5, 0.6) is 0 Å². The summed E-state index contributed by atoms with van der Waals surface area (Å²) >= 11 is 0. The number of rotatable bonds is 3. The highest BCUT2D eigenvalue weighted by atomic mass is 16.2. The molecule has 0 unspecified atom stereocenters. The van der Waals surface area contributed by atoms with Crippen LogP contribution in [-0.2, 0) is 4.79 Å². The second-order valence-corrected chi connectivity index (χ2v) is 3.78. The standard InChI is InChI=1S/C10H16N4O/c1-6(2)9(11)10(15)14-8-4-12-7(3)13-5-8/h4-6,9H,11H2,1-3H3,(H,14,15)/t9-/m1/s1. The zero-order chi connectivity index (χ0) is 11.4. The Morgan fingerprint density at radius 1 is 1.40 bits per heavy atom. The van der Waals surface area contributed by atoms with E-state index in [1.807, 2.05) is 13.8 Å². The van der Waals surface area contributed by atoms with Gasteiger partial charge in [0.15, 0.2) is 0 Å². The van der Waals surface area contributed by atoms with Crippen LogP contribution in [0.2, 0.25) is 0 Å². The van der Waals surface area contributed by atoms with E-state index in [0.717, 1.165) is 0 Å². The van der Waals surface area contributed by atoms with Crippen LogP contribution in [0.4, 0.5) is 5.69 Å². The summed E-state index contributed by atoms with van der Waals surface area (Å²) < 4.78 is 0. The third-order valence-electron chi connectivity index (χ3n) is 2.07. The van der Waals surface area contributed by atoms with Gasteiger partial charge in [0, 0.05) is 0 Å². The minimum atomic E-state index is -0.508. The first kappa shape index (κ1) is 11.6. The fourth-order valence-electron chi connectivity index (χ4n) is 0.985. The summed E-state index contributed by atoms with van der Waals surface area (Å²) in [6, 6.07) is -0.508. The van der Waals surface area contributed by atoms with Crippen molar-refractivity contribution in [2.75, 3.05) is 5.32 Å². The van der Waals surface area contributed by atoms with E-state index in [4.69, 9.17) is 5.73 Å². The number of nitrogens with one attached hydrogen (secondary N) is 1. The zero-order valence-corrected chi connectivity index (χ0v) is 9.19. The Morgan fingerprint density at radius 3 is 2.40 bits per heavy atom. The topological polar surface area (TPSA) is 80.9 Å². The molecular formula is C10H16N4O. The maximum atomic E-state index is 11.5. The van der Waals surface area contributed by atoms with Crippen molar-refractivity contribution < 1.29 is 4.79 Å². The highest BCUT2D eigenvalue weighted by Gasteiger charge is 2.17. The lowest BCUT2D eigenvalue weighted by molar-refractivity contribution is -0.118. The van der Waals surface area contributed by atoms with Crippen LogP contribution in [0.1, 0.15) is 19.7 Å². The van der Waals surface area contributed by atoms with Crippen LogP contribution in [0.25, 0.3) is 0 Å². The molecule has 0 spiro atoms.